The first-order valence-electron chi connectivity index (χ1n) is 6.89. The topological polar surface area (TPSA) is 68.5 Å². The smallest absolute Gasteiger partial charge is 0.323 e. The monoisotopic (exact) mass is 275 g/mol. The van der Waals surface area contributed by atoms with Crippen LogP contribution in [0.15, 0.2) is 16.4 Å². The molecule has 0 radical (unpaired) electrons. The maximum Gasteiger partial charge on any atom is 0.323 e. The lowest BCUT2D eigenvalue weighted by atomic mass is 9.89. The summed E-state index contributed by atoms with van der Waals surface area (Å²) in [5.41, 5.74) is 1.99. The van der Waals surface area contributed by atoms with Crippen molar-refractivity contribution in [1.29, 1.82) is 0 Å². The molecule has 0 aromatic carbocycles. The van der Waals surface area contributed by atoms with Gasteiger partial charge in [0.15, 0.2) is 0 Å². The predicted molar refractivity (Wildman–Crippen MR) is 73.9 cm³/mol. The molecule has 0 saturated heterocycles. The van der Waals surface area contributed by atoms with E-state index in [9.17, 15) is 9.59 Å². The Morgan fingerprint density at radius 1 is 1.50 bits per heavy atom. The maximum atomic E-state index is 12.4. The summed E-state index contributed by atoms with van der Waals surface area (Å²) in [6, 6.07) is 1.77. The second-order valence-corrected chi connectivity index (χ2v) is 5.42. The Morgan fingerprint density at radius 2 is 2.30 bits per heavy atom. The van der Waals surface area contributed by atoms with Crippen LogP contribution >= 0.6 is 0 Å². The highest BCUT2D eigenvalue weighted by Gasteiger charge is 2.27. The van der Waals surface area contributed by atoms with E-state index in [-0.39, 0.29) is 18.2 Å². The fourth-order valence-electron chi connectivity index (χ4n) is 2.96. The van der Waals surface area contributed by atoms with Crippen LogP contribution in [0.3, 0.4) is 0 Å². The van der Waals surface area contributed by atoms with Gasteiger partial charge in [0.2, 0.25) is 0 Å². The number of nitrogens with zero attached hydrogens (tertiary/aromatic N) is 1. The minimum atomic E-state index is -1.02. The molecule has 3 rings (SSSR count). The SMILES string of the molecule is Cc1cc2c(c(=O)n1CC(=O)O)C=C1CCCC[C@@H]1O2. The fourth-order valence-corrected chi connectivity index (χ4v) is 2.96. The zero-order valence-corrected chi connectivity index (χ0v) is 11.4. The third kappa shape index (κ3) is 2.13. The Kier molecular flexibility index (Phi) is 3.12. The van der Waals surface area contributed by atoms with Crippen LogP contribution in [-0.4, -0.2) is 21.7 Å². The van der Waals surface area contributed by atoms with Crippen LogP contribution < -0.4 is 10.3 Å². The van der Waals surface area contributed by atoms with Gasteiger partial charge in [-0.2, -0.15) is 0 Å². The van der Waals surface area contributed by atoms with Crippen molar-refractivity contribution in [1.82, 2.24) is 4.57 Å². The minimum Gasteiger partial charge on any atom is -0.485 e. The van der Waals surface area contributed by atoms with Gasteiger partial charge in [-0.25, -0.2) is 0 Å². The van der Waals surface area contributed by atoms with E-state index in [2.05, 4.69) is 0 Å². The van der Waals surface area contributed by atoms with Gasteiger partial charge >= 0.3 is 5.97 Å². The Bertz CT molecular complexity index is 657. The number of hydrogen-bond acceptors (Lipinski definition) is 3. The van der Waals surface area contributed by atoms with Gasteiger partial charge < -0.3 is 14.4 Å². The largest absolute Gasteiger partial charge is 0.485 e. The van der Waals surface area contributed by atoms with Crippen LogP contribution in [-0.2, 0) is 11.3 Å². The Hall–Kier alpha value is -2.04. The van der Waals surface area contributed by atoms with E-state index in [1.807, 2.05) is 6.08 Å². The number of aliphatic carboxylic acids is 1. The van der Waals surface area contributed by atoms with E-state index in [4.69, 9.17) is 9.84 Å². The summed E-state index contributed by atoms with van der Waals surface area (Å²) < 4.78 is 7.21. The number of aryl methyl sites for hydroxylation is 1. The average Bonchev–Trinajstić information content (AvgIpc) is 2.41. The number of rotatable bonds is 2. The second-order valence-electron chi connectivity index (χ2n) is 5.42. The molecule has 1 aliphatic heterocycles. The third-order valence-electron chi connectivity index (χ3n) is 3.99. The van der Waals surface area contributed by atoms with Crippen molar-refractivity contribution in [3.05, 3.63) is 33.3 Å². The molecule has 0 spiro atoms. The highest BCUT2D eigenvalue weighted by Crippen LogP contribution is 2.35. The standard InChI is InChI=1S/C15H17NO4/c1-9-6-13-11(15(19)16(9)8-14(17)18)7-10-4-2-3-5-12(10)20-13/h6-7,12H,2-5,8H2,1H3,(H,17,18)/t12-/m0/s1. The summed E-state index contributed by atoms with van der Waals surface area (Å²) in [4.78, 5) is 23.3. The lowest BCUT2D eigenvalue weighted by Crippen LogP contribution is -2.32. The molecule has 1 aliphatic carbocycles. The van der Waals surface area contributed by atoms with Crippen LogP contribution in [0.1, 0.15) is 36.9 Å². The van der Waals surface area contributed by atoms with Crippen LogP contribution in [0.25, 0.3) is 6.08 Å². The van der Waals surface area contributed by atoms with Crippen LogP contribution in [0, 0.1) is 6.92 Å². The van der Waals surface area contributed by atoms with E-state index in [0.717, 1.165) is 31.3 Å². The summed E-state index contributed by atoms with van der Waals surface area (Å²) in [7, 11) is 0. The van der Waals surface area contributed by atoms with E-state index in [0.29, 0.717) is 17.0 Å². The molecule has 2 aliphatic rings. The summed E-state index contributed by atoms with van der Waals surface area (Å²) in [5.74, 6) is -0.431. The summed E-state index contributed by atoms with van der Waals surface area (Å²) in [6.07, 6.45) is 6.20. The molecule has 106 valence electrons. The quantitative estimate of drug-likeness (QED) is 0.895. The molecule has 1 aromatic heterocycles. The molecule has 0 unspecified atom stereocenters. The number of fused-ring (bicyclic) bond motifs is 2. The predicted octanol–water partition coefficient (Wildman–Crippen LogP) is 1.96. The van der Waals surface area contributed by atoms with E-state index in [1.54, 1.807) is 13.0 Å². The lowest BCUT2D eigenvalue weighted by molar-refractivity contribution is -0.137. The second kappa shape index (κ2) is 4.81. The van der Waals surface area contributed by atoms with Gasteiger partial charge in [-0.15, -0.1) is 0 Å². The van der Waals surface area contributed by atoms with Crippen molar-refractivity contribution in [2.24, 2.45) is 0 Å². The van der Waals surface area contributed by atoms with Crippen molar-refractivity contribution in [3.63, 3.8) is 0 Å². The zero-order chi connectivity index (χ0) is 14.3. The Morgan fingerprint density at radius 3 is 3.05 bits per heavy atom. The first-order valence-corrected chi connectivity index (χ1v) is 6.89. The molecule has 1 atom stereocenters. The van der Waals surface area contributed by atoms with Crippen LogP contribution in [0.5, 0.6) is 5.75 Å². The van der Waals surface area contributed by atoms with Crippen molar-refractivity contribution in [2.45, 2.75) is 45.3 Å². The van der Waals surface area contributed by atoms with Crippen molar-refractivity contribution >= 4 is 12.0 Å². The molecule has 20 heavy (non-hydrogen) atoms. The minimum absolute atomic E-state index is 0.0883. The highest BCUT2D eigenvalue weighted by atomic mass is 16.5. The summed E-state index contributed by atoms with van der Waals surface area (Å²) in [6.45, 7) is 1.42. The van der Waals surface area contributed by atoms with Gasteiger partial charge in [0.1, 0.15) is 18.4 Å². The number of hydrogen-bond donors (Lipinski definition) is 1. The summed E-state index contributed by atoms with van der Waals surface area (Å²) in [5, 5.41) is 8.90. The number of pyridine rings is 1. The Labute approximate surface area is 116 Å². The lowest BCUT2D eigenvalue weighted by Gasteiger charge is -2.31. The molecule has 1 fully saturated rings. The Balaban J connectivity index is 2.10. The molecule has 2 heterocycles. The van der Waals surface area contributed by atoms with Gasteiger partial charge in [0.25, 0.3) is 5.56 Å². The van der Waals surface area contributed by atoms with E-state index in [1.165, 1.54) is 4.57 Å². The number of aromatic nitrogens is 1. The first kappa shape index (κ1) is 13.0. The number of ether oxygens (including phenoxy) is 1. The van der Waals surface area contributed by atoms with E-state index >= 15 is 0 Å². The third-order valence-corrected chi connectivity index (χ3v) is 3.99. The molecule has 1 aromatic rings. The first-order chi connectivity index (χ1) is 9.56. The fraction of sp³-hybridized carbons (Fsp3) is 0.467. The molecule has 1 N–H and O–H groups in total. The highest BCUT2D eigenvalue weighted by molar-refractivity contribution is 5.68. The zero-order valence-electron chi connectivity index (χ0n) is 11.4. The van der Waals surface area contributed by atoms with Crippen LogP contribution in [0.4, 0.5) is 0 Å². The van der Waals surface area contributed by atoms with Crippen molar-refractivity contribution in [2.75, 3.05) is 0 Å². The van der Waals surface area contributed by atoms with Gasteiger partial charge in [-0.05, 0) is 44.3 Å². The molecule has 5 nitrogen and oxygen atoms in total. The molecule has 0 bridgehead atoms. The van der Waals surface area contributed by atoms with Crippen molar-refractivity contribution in [3.8, 4) is 5.75 Å². The maximum absolute atomic E-state index is 12.4. The molecule has 5 heteroatoms. The van der Waals surface area contributed by atoms with Gasteiger partial charge in [-0.1, -0.05) is 0 Å². The number of carbonyl (C=O) groups is 1. The molecular weight excluding hydrogens is 258 g/mol. The average molecular weight is 275 g/mol. The molecule has 1 saturated carbocycles. The van der Waals surface area contributed by atoms with Gasteiger partial charge in [0, 0.05) is 11.8 Å². The number of carboxylic acid groups (broad SMARTS) is 1. The normalized spacial score (nSPS) is 20.4. The summed E-state index contributed by atoms with van der Waals surface area (Å²) >= 11 is 0. The van der Waals surface area contributed by atoms with Crippen molar-refractivity contribution < 1.29 is 14.6 Å². The van der Waals surface area contributed by atoms with Gasteiger partial charge in [-0.3, -0.25) is 9.59 Å². The van der Waals surface area contributed by atoms with E-state index < -0.39 is 5.97 Å². The number of carboxylic acids is 1. The van der Waals surface area contributed by atoms with Crippen LogP contribution in [0.2, 0.25) is 0 Å². The molecular formula is C15H17NO4. The molecule has 0 amide bonds. The van der Waals surface area contributed by atoms with Gasteiger partial charge in [0.05, 0.1) is 5.56 Å².